The zero-order valence-corrected chi connectivity index (χ0v) is 19.8. The van der Waals surface area contributed by atoms with Gasteiger partial charge in [0.05, 0.1) is 17.5 Å². The van der Waals surface area contributed by atoms with Gasteiger partial charge in [0.1, 0.15) is 11.6 Å². The van der Waals surface area contributed by atoms with Crippen LogP contribution in [0.5, 0.6) is 5.75 Å². The molecule has 34 heavy (non-hydrogen) atoms. The van der Waals surface area contributed by atoms with Gasteiger partial charge in [-0.05, 0) is 69.4 Å². The molecule has 9 heteroatoms. The molecule has 2 N–H and O–H groups in total. The third-order valence-electron chi connectivity index (χ3n) is 7.39. The molecule has 0 saturated carbocycles. The fraction of sp³-hybridized carbons (Fsp3) is 0.440. The molecule has 0 amide bonds. The number of halogens is 1. The van der Waals surface area contributed by atoms with Gasteiger partial charge in [-0.15, -0.1) is 10.2 Å². The standard InChI is InChI=1S/C25H29FN6O2/c1-24-7-8-25(2,30-24)13-17(12-24)31(3)21-6-5-19(28-29-21)23-18(26)9-15(10-20(23)33)16-11-22(34)32(4)27-14-16/h5-6,9-11,14,17,30,33H,7-8,12-13H2,1-4H3/t17-,24-,25+. The van der Waals surface area contributed by atoms with Crippen molar-refractivity contribution in [1.82, 2.24) is 25.3 Å². The van der Waals surface area contributed by atoms with E-state index in [0.717, 1.165) is 12.8 Å². The molecule has 2 aromatic heterocycles. The fourth-order valence-corrected chi connectivity index (χ4v) is 5.57. The Morgan fingerprint density at radius 1 is 1.12 bits per heavy atom. The third kappa shape index (κ3) is 3.94. The summed E-state index contributed by atoms with van der Waals surface area (Å²) < 4.78 is 16.2. The largest absolute Gasteiger partial charge is 0.507 e. The van der Waals surface area contributed by atoms with E-state index in [-0.39, 0.29) is 33.6 Å². The van der Waals surface area contributed by atoms with Crippen LogP contribution in [0.2, 0.25) is 0 Å². The first-order valence-corrected chi connectivity index (χ1v) is 11.5. The van der Waals surface area contributed by atoms with Crippen LogP contribution in [-0.4, -0.2) is 49.3 Å². The monoisotopic (exact) mass is 464 g/mol. The quantitative estimate of drug-likeness (QED) is 0.612. The molecule has 1 aromatic carbocycles. The summed E-state index contributed by atoms with van der Waals surface area (Å²) in [4.78, 5) is 14.0. The van der Waals surface area contributed by atoms with Crippen molar-refractivity contribution in [3.8, 4) is 28.1 Å². The number of nitrogens with one attached hydrogen (secondary N) is 1. The highest BCUT2D eigenvalue weighted by atomic mass is 19.1. The first kappa shape index (κ1) is 22.5. The van der Waals surface area contributed by atoms with Crippen LogP contribution >= 0.6 is 0 Å². The van der Waals surface area contributed by atoms with Crippen molar-refractivity contribution in [2.45, 2.75) is 56.7 Å². The number of hydrogen-bond donors (Lipinski definition) is 2. The predicted molar refractivity (Wildman–Crippen MR) is 128 cm³/mol. The van der Waals surface area contributed by atoms with Crippen LogP contribution in [0.1, 0.15) is 39.5 Å². The number of aryl methyl sites for hydroxylation is 1. The van der Waals surface area contributed by atoms with Crippen LogP contribution in [0.25, 0.3) is 22.4 Å². The molecule has 0 unspecified atom stereocenters. The average molecular weight is 465 g/mol. The number of phenolic OH excluding ortho intramolecular Hbond substituents is 1. The van der Waals surface area contributed by atoms with Crippen molar-refractivity contribution in [2.24, 2.45) is 7.05 Å². The number of hydrogen-bond acceptors (Lipinski definition) is 7. The smallest absolute Gasteiger partial charge is 0.267 e. The van der Waals surface area contributed by atoms with Crippen LogP contribution < -0.4 is 15.8 Å². The van der Waals surface area contributed by atoms with Gasteiger partial charge in [0, 0.05) is 42.8 Å². The first-order valence-electron chi connectivity index (χ1n) is 11.5. The predicted octanol–water partition coefficient (Wildman–Crippen LogP) is 3.25. The minimum absolute atomic E-state index is 0.0258. The van der Waals surface area contributed by atoms with Crippen molar-refractivity contribution < 1.29 is 9.50 Å². The van der Waals surface area contributed by atoms with Gasteiger partial charge in [0.15, 0.2) is 5.82 Å². The maximum Gasteiger partial charge on any atom is 0.267 e. The van der Waals surface area contributed by atoms with Gasteiger partial charge in [0.25, 0.3) is 5.56 Å². The van der Waals surface area contributed by atoms with E-state index in [2.05, 4.69) is 39.4 Å². The Hall–Kier alpha value is -3.33. The number of rotatable bonds is 4. The molecule has 2 aliphatic heterocycles. The van der Waals surface area contributed by atoms with Crippen molar-refractivity contribution in [2.75, 3.05) is 11.9 Å². The summed E-state index contributed by atoms with van der Waals surface area (Å²) in [5, 5.41) is 26.9. The number of nitrogens with zero attached hydrogens (tertiary/aromatic N) is 5. The Bertz CT molecular complexity index is 1270. The van der Waals surface area contributed by atoms with Crippen LogP contribution in [0.4, 0.5) is 10.2 Å². The number of benzene rings is 1. The molecule has 178 valence electrons. The number of aromatic hydroxyl groups is 1. The SMILES string of the molecule is CN(c1ccc(-c2c(O)cc(-c3cnn(C)c(=O)c3)cc2F)nn1)[C@H]1C[C@]2(C)CC[C@](C)(C1)N2. The highest BCUT2D eigenvalue weighted by molar-refractivity contribution is 5.74. The Morgan fingerprint density at radius 3 is 2.41 bits per heavy atom. The lowest BCUT2D eigenvalue weighted by Gasteiger charge is -2.45. The number of fused-ring (bicyclic) bond motifs is 2. The molecule has 5 rings (SSSR count). The lowest BCUT2D eigenvalue weighted by Crippen LogP contribution is -2.58. The maximum absolute atomic E-state index is 15.0. The van der Waals surface area contributed by atoms with E-state index in [1.54, 1.807) is 6.07 Å². The van der Waals surface area contributed by atoms with E-state index >= 15 is 4.39 Å². The molecule has 3 aromatic rings. The molecule has 3 atom stereocenters. The van der Waals surface area contributed by atoms with Crippen LogP contribution in [-0.2, 0) is 7.05 Å². The molecule has 0 spiro atoms. The zero-order valence-electron chi connectivity index (χ0n) is 19.8. The highest BCUT2D eigenvalue weighted by Crippen LogP contribution is 2.44. The highest BCUT2D eigenvalue weighted by Gasteiger charge is 2.49. The second kappa shape index (κ2) is 7.87. The second-order valence-electron chi connectivity index (χ2n) is 10.3. The summed E-state index contributed by atoms with van der Waals surface area (Å²) >= 11 is 0. The summed E-state index contributed by atoms with van der Waals surface area (Å²) in [5.41, 5.74) is 0.938. The molecule has 2 bridgehead atoms. The molecular weight excluding hydrogens is 435 g/mol. The van der Waals surface area contributed by atoms with E-state index in [9.17, 15) is 9.90 Å². The van der Waals surface area contributed by atoms with Gasteiger partial charge in [-0.1, -0.05) is 0 Å². The van der Waals surface area contributed by atoms with Gasteiger partial charge >= 0.3 is 0 Å². The topological polar surface area (TPSA) is 96.2 Å². The molecule has 2 fully saturated rings. The summed E-state index contributed by atoms with van der Waals surface area (Å²) in [5.74, 6) is -0.214. The van der Waals surface area contributed by atoms with Crippen molar-refractivity contribution in [3.63, 3.8) is 0 Å². The lowest BCUT2D eigenvalue weighted by molar-refractivity contribution is 0.207. The Kier molecular flexibility index (Phi) is 5.20. The Morgan fingerprint density at radius 2 is 1.82 bits per heavy atom. The van der Waals surface area contributed by atoms with E-state index in [1.807, 2.05) is 13.1 Å². The zero-order chi connectivity index (χ0) is 24.3. The van der Waals surface area contributed by atoms with Crippen LogP contribution in [0.3, 0.4) is 0 Å². The molecule has 0 aliphatic carbocycles. The van der Waals surface area contributed by atoms with Gasteiger partial charge in [-0.2, -0.15) is 5.10 Å². The van der Waals surface area contributed by atoms with Crippen molar-refractivity contribution in [1.29, 1.82) is 0 Å². The first-order chi connectivity index (χ1) is 16.1. The van der Waals surface area contributed by atoms with Crippen molar-refractivity contribution in [3.05, 3.63) is 52.7 Å². The van der Waals surface area contributed by atoms with Crippen LogP contribution in [0, 0.1) is 5.82 Å². The Balaban J connectivity index is 1.40. The van der Waals surface area contributed by atoms with Gasteiger partial charge in [0.2, 0.25) is 0 Å². The fourth-order valence-electron chi connectivity index (χ4n) is 5.57. The van der Waals surface area contributed by atoms with Crippen molar-refractivity contribution >= 4 is 5.82 Å². The molecule has 2 aliphatic rings. The molecule has 2 saturated heterocycles. The second-order valence-corrected chi connectivity index (χ2v) is 10.3. The number of piperidine rings is 1. The van der Waals surface area contributed by atoms with Crippen LogP contribution in [0.15, 0.2) is 41.3 Å². The third-order valence-corrected chi connectivity index (χ3v) is 7.39. The normalized spacial score (nSPS) is 26.0. The summed E-state index contributed by atoms with van der Waals surface area (Å²) in [6, 6.07) is 7.83. The van der Waals surface area contributed by atoms with E-state index in [1.165, 1.54) is 49.0 Å². The number of phenols is 1. The van der Waals surface area contributed by atoms with E-state index in [4.69, 9.17) is 0 Å². The summed E-state index contributed by atoms with van der Waals surface area (Å²) in [6.45, 7) is 4.57. The number of aromatic nitrogens is 4. The maximum atomic E-state index is 15.0. The molecule has 4 heterocycles. The molecule has 0 radical (unpaired) electrons. The Labute approximate surface area is 197 Å². The molecule has 8 nitrogen and oxygen atoms in total. The van der Waals surface area contributed by atoms with Gasteiger partial charge < -0.3 is 15.3 Å². The van der Waals surface area contributed by atoms with E-state index in [0.29, 0.717) is 23.0 Å². The van der Waals surface area contributed by atoms with E-state index < -0.39 is 5.82 Å². The average Bonchev–Trinajstić information content (AvgIpc) is 3.01. The van der Waals surface area contributed by atoms with Gasteiger partial charge in [-0.25, -0.2) is 9.07 Å². The minimum Gasteiger partial charge on any atom is -0.507 e. The summed E-state index contributed by atoms with van der Waals surface area (Å²) in [7, 11) is 3.56. The number of anilines is 1. The summed E-state index contributed by atoms with van der Waals surface area (Å²) in [6.07, 6.45) is 5.84. The molecular formula is C25H29FN6O2. The lowest BCUT2D eigenvalue weighted by atomic mass is 9.84. The van der Waals surface area contributed by atoms with Gasteiger partial charge in [-0.3, -0.25) is 4.79 Å². The minimum atomic E-state index is -0.651.